The number of amides is 1. The fraction of sp³-hybridized carbons (Fsp3) is 0.320. The zero-order valence-corrected chi connectivity index (χ0v) is 18.6. The Labute approximate surface area is 191 Å². The van der Waals surface area contributed by atoms with Gasteiger partial charge in [-0.2, -0.15) is 0 Å². The summed E-state index contributed by atoms with van der Waals surface area (Å²) in [5.41, 5.74) is 2.80. The van der Waals surface area contributed by atoms with Crippen molar-refractivity contribution in [1.82, 2.24) is 29.0 Å². The van der Waals surface area contributed by atoms with Crippen LogP contribution in [0.25, 0.3) is 17.0 Å². The van der Waals surface area contributed by atoms with E-state index in [0.29, 0.717) is 41.9 Å². The van der Waals surface area contributed by atoms with Gasteiger partial charge in [0.25, 0.3) is 0 Å². The lowest BCUT2D eigenvalue weighted by molar-refractivity contribution is -0.133. The fourth-order valence-electron chi connectivity index (χ4n) is 4.51. The summed E-state index contributed by atoms with van der Waals surface area (Å²) in [6.07, 6.45) is 4.68. The Morgan fingerprint density at radius 2 is 1.79 bits per heavy atom. The number of rotatable bonds is 5. The van der Waals surface area contributed by atoms with Crippen LogP contribution >= 0.6 is 0 Å². The number of hydrogen-bond donors (Lipinski definition) is 0. The highest BCUT2D eigenvalue weighted by Crippen LogP contribution is 2.22. The number of fused-ring (bicyclic) bond motifs is 1. The second-order valence-electron chi connectivity index (χ2n) is 8.55. The molecule has 1 aromatic carbocycles. The molecule has 0 unspecified atom stereocenters. The normalized spacial score (nSPS) is 14.6. The molecule has 1 saturated heterocycles. The van der Waals surface area contributed by atoms with Crippen molar-refractivity contribution < 1.29 is 4.79 Å². The third-order valence-electron chi connectivity index (χ3n) is 6.28. The molecule has 0 saturated carbocycles. The Bertz CT molecular complexity index is 1320. The molecular formula is C25H26N6O2. The van der Waals surface area contributed by atoms with Crippen molar-refractivity contribution in [2.24, 2.45) is 5.92 Å². The number of nitrogens with zero attached hydrogens (tertiary/aromatic N) is 6. The zero-order valence-electron chi connectivity index (χ0n) is 18.6. The molecule has 0 aliphatic carbocycles. The number of carbonyl (C=O) groups is 1. The molecule has 168 valence electrons. The maximum absolute atomic E-state index is 12.9. The Morgan fingerprint density at radius 3 is 2.52 bits per heavy atom. The van der Waals surface area contributed by atoms with E-state index >= 15 is 0 Å². The van der Waals surface area contributed by atoms with Crippen molar-refractivity contribution in [2.45, 2.75) is 32.7 Å². The maximum atomic E-state index is 12.9. The summed E-state index contributed by atoms with van der Waals surface area (Å²) in [6, 6.07) is 17.8. The third-order valence-corrected chi connectivity index (χ3v) is 6.28. The van der Waals surface area contributed by atoms with Gasteiger partial charge in [-0.25, -0.2) is 18.9 Å². The Kier molecular flexibility index (Phi) is 5.73. The Morgan fingerprint density at radius 1 is 1.03 bits per heavy atom. The monoisotopic (exact) mass is 442 g/mol. The summed E-state index contributed by atoms with van der Waals surface area (Å²) in [4.78, 5) is 36.5. The first kappa shape index (κ1) is 21.1. The molecule has 1 aliphatic heterocycles. The second-order valence-corrected chi connectivity index (χ2v) is 8.55. The average Bonchev–Trinajstić information content (AvgIpc) is 3.16. The lowest BCUT2D eigenvalue weighted by Gasteiger charge is -2.32. The van der Waals surface area contributed by atoms with E-state index in [0.717, 1.165) is 19.3 Å². The summed E-state index contributed by atoms with van der Waals surface area (Å²) in [5, 5.41) is 4.42. The minimum atomic E-state index is -0.352. The van der Waals surface area contributed by atoms with E-state index in [9.17, 15) is 9.59 Å². The number of hydrogen-bond acceptors (Lipinski definition) is 5. The van der Waals surface area contributed by atoms with E-state index in [1.165, 1.54) is 14.6 Å². The molecule has 8 nitrogen and oxygen atoms in total. The largest absolute Gasteiger partial charge is 0.352 e. The topological polar surface area (TPSA) is 85.4 Å². The van der Waals surface area contributed by atoms with E-state index in [2.05, 4.69) is 39.3 Å². The van der Waals surface area contributed by atoms with E-state index in [-0.39, 0.29) is 18.1 Å². The van der Waals surface area contributed by atoms with Crippen molar-refractivity contribution >= 4 is 11.6 Å². The van der Waals surface area contributed by atoms with Gasteiger partial charge in [-0.05, 0) is 49.8 Å². The van der Waals surface area contributed by atoms with Gasteiger partial charge in [0.05, 0.1) is 11.4 Å². The molecule has 8 heteroatoms. The Hall–Kier alpha value is -3.81. The first-order valence-electron chi connectivity index (χ1n) is 11.3. The maximum Gasteiger partial charge on any atom is 0.352 e. The molecule has 4 heterocycles. The molecule has 1 fully saturated rings. The summed E-state index contributed by atoms with van der Waals surface area (Å²) >= 11 is 0. The highest BCUT2D eigenvalue weighted by molar-refractivity contribution is 5.76. The van der Waals surface area contributed by atoms with Gasteiger partial charge in [-0.15, -0.1) is 5.10 Å². The van der Waals surface area contributed by atoms with Crippen LogP contribution in [0.5, 0.6) is 0 Å². The van der Waals surface area contributed by atoms with Gasteiger partial charge < -0.3 is 4.90 Å². The summed E-state index contributed by atoms with van der Waals surface area (Å²) in [7, 11) is 0. The molecule has 4 aromatic rings. The number of aromatic nitrogens is 5. The van der Waals surface area contributed by atoms with E-state index in [4.69, 9.17) is 0 Å². The number of likely N-dealkylation sites (tertiary alicyclic amines) is 1. The van der Waals surface area contributed by atoms with Gasteiger partial charge >= 0.3 is 5.69 Å². The number of aryl methyl sites for hydroxylation is 1. The molecule has 5 rings (SSSR count). The van der Waals surface area contributed by atoms with Crippen LogP contribution in [-0.4, -0.2) is 48.0 Å². The van der Waals surface area contributed by atoms with Crippen LogP contribution in [0.1, 0.15) is 24.2 Å². The van der Waals surface area contributed by atoms with Gasteiger partial charge in [0.15, 0.2) is 5.65 Å². The van der Waals surface area contributed by atoms with Gasteiger partial charge in [0, 0.05) is 25.4 Å². The summed E-state index contributed by atoms with van der Waals surface area (Å²) in [6.45, 7) is 3.11. The van der Waals surface area contributed by atoms with E-state index < -0.39 is 0 Å². The lowest BCUT2D eigenvalue weighted by atomic mass is 9.90. The van der Waals surface area contributed by atoms with Crippen LogP contribution in [0.2, 0.25) is 0 Å². The minimum Gasteiger partial charge on any atom is -0.341 e. The molecule has 33 heavy (non-hydrogen) atoms. The highest BCUT2D eigenvalue weighted by atomic mass is 16.2. The standard InChI is InChI=1S/C25H26N6O2/c1-18-27-22(21-9-5-6-12-26-21)16-23-28-30(25(33)31(18)23)17-24(32)29-13-10-20(11-14-29)15-19-7-3-2-4-8-19/h2-9,12,16,20H,10-11,13-15,17H2,1H3. The van der Waals surface area contributed by atoms with Crippen molar-refractivity contribution in [3.8, 4) is 11.4 Å². The van der Waals surface area contributed by atoms with Gasteiger partial charge in [0.1, 0.15) is 12.4 Å². The first-order valence-corrected chi connectivity index (χ1v) is 11.3. The fourth-order valence-corrected chi connectivity index (χ4v) is 4.51. The average molecular weight is 443 g/mol. The van der Waals surface area contributed by atoms with Crippen molar-refractivity contribution in [1.29, 1.82) is 0 Å². The van der Waals surface area contributed by atoms with Crippen LogP contribution in [0.4, 0.5) is 0 Å². The van der Waals surface area contributed by atoms with Gasteiger partial charge in [-0.1, -0.05) is 36.4 Å². The molecule has 1 aliphatic rings. The zero-order chi connectivity index (χ0) is 22.8. The van der Waals surface area contributed by atoms with Crippen LogP contribution in [0.3, 0.4) is 0 Å². The summed E-state index contributed by atoms with van der Waals surface area (Å²) in [5.74, 6) is 1.01. The molecule has 3 aromatic heterocycles. The predicted octanol–water partition coefficient (Wildman–Crippen LogP) is 2.74. The molecule has 0 radical (unpaired) electrons. The molecule has 1 amide bonds. The van der Waals surface area contributed by atoms with Gasteiger partial charge in [0.2, 0.25) is 5.91 Å². The van der Waals surface area contributed by atoms with Crippen LogP contribution < -0.4 is 5.69 Å². The first-order chi connectivity index (χ1) is 16.1. The quantitative estimate of drug-likeness (QED) is 0.474. The molecule has 0 spiro atoms. The lowest BCUT2D eigenvalue weighted by Crippen LogP contribution is -2.42. The minimum absolute atomic E-state index is 0.0672. The molecule has 0 N–H and O–H groups in total. The van der Waals surface area contributed by atoms with Crippen molar-refractivity contribution in [3.05, 3.63) is 82.7 Å². The number of pyridine rings is 1. The van der Waals surface area contributed by atoms with Crippen molar-refractivity contribution in [2.75, 3.05) is 13.1 Å². The number of benzene rings is 1. The third kappa shape index (κ3) is 4.41. The highest BCUT2D eigenvalue weighted by Gasteiger charge is 2.24. The smallest absolute Gasteiger partial charge is 0.341 e. The molecular weight excluding hydrogens is 416 g/mol. The Balaban J connectivity index is 1.28. The number of carbonyl (C=O) groups excluding carboxylic acids is 1. The second kappa shape index (κ2) is 8.97. The van der Waals surface area contributed by atoms with Crippen molar-refractivity contribution in [3.63, 3.8) is 0 Å². The van der Waals surface area contributed by atoms with Crippen LogP contribution in [0, 0.1) is 12.8 Å². The summed E-state index contributed by atoms with van der Waals surface area (Å²) < 4.78 is 2.68. The van der Waals surface area contributed by atoms with Crippen LogP contribution in [-0.2, 0) is 17.8 Å². The van der Waals surface area contributed by atoms with Gasteiger partial charge in [-0.3, -0.25) is 9.78 Å². The SMILES string of the molecule is Cc1nc(-c2ccccn2)cc2nn(CC(=O)N3CCC(Cc4ccccc4)CC3)c(=O)n12. The van der Waals surface area contributed by atoms with E-state index in [1.807, 2.05) is 29.2 Å². The van der Waals surface area contributed by atoms with E-state index in [1.54, 1.807) is 19.2 Å². The molecule has 0 atom stereocenters. The number of piperidine rings is 1. The van der Waals surface area contributed by atoms with Crippen LogP contribution in [0.15, 0.2) is 65.6 Å². The molecule has 0 bridgehead atoms. The predicted molar refractivity (Wildman–Crippen MR) is 125 cm³/mol.